The van der Waals surface area contributed by atoms with Crippen molar-refractivity contribution in [2.45, 2.75) is 18.2 Å². The van der Waals surface area contributed by atoms with Gasteiger partial charge in [-0.1, -0.05) is 21.4 Å². The second-order valence-electron chi connectivity index (χ2n) is 3.53. The van der Waals surface area contributed by atoms with Crippen LogP contribution < -0.4 is 4.74 Å². The van der Waals surface area contributed by atoms with Crippen LogP contribution in [-0.4, -0.2) is 11.7 Å². The lowest BCUT2D eigenvalue weighted by Gasteiger charge is -2.23. The van der Waals surface area contributed by atoms with Gasteiger partial charge in [0.15, 0.2) is 0 Å². The summed E-state index contributed by atoms with van der Waals surface area (Å²) in [6.45, 7) is 0.361. The Hall–Kier alpha value is -0.730. The lowest BCUT2D eigenvalue weighted by Crippen LogP contribution is -2.15. The third-order valence-electron chi connectivity index (χ3n) is 2.41. The van der Waals surface area contributed by atoms with E-state index in [2.05, 4.69) is 0 Å². The molecule has 0 bridgehead atoms. The molecule has 0 aromatic heterocycles. The predicted octanol–water partition coefficient (Wildman–Crippen LogP) is 2.43. The van der Waals surface area contributed by atoms with Crippen LogP contribution in [0.5, 0.6) is 5.75 Å². The van der Waals surface area contributed by atoms with E-state index in [0.29, 0.717) is 24.3 Å². The zero-order chi connectivity index (χ0) is 11.1. The number of aliphatic hydroxyl groups is 1. The van der Waals surface area contributed by atoms with Gasteiger partial charge >= 0.3 is 0 Å². The highest BCUT2D eigenvalue weighted by Gasteiger charge is 2.27. The van der Waals surface area contributed by atoms with Gasteiger partial charge in [-0.3, -0.25) is 0 Å². The first-order valence-electron chi connectivity index (χ1n) is 4.60. The Morgan fingerprint density at radius 1 is 1.47 bits per heavy atom. The molecule has 82 valence electrons. The summed E-state index contributed by atoms with van der Waals surface area (Å²) in [6.07, 6.45) is -0.107. The average molecular weight is 232 g/mol. The number of aliphatic hydroxyl groups excluding tert-OH is 1. The Morgan fingerprint density at radius 3 is 2.87 bits per heavy atom. The van der Waals surface area contributed by atoms with Gasteiger partial charge < -0.3 is 9.84 Å². The minimum Gasteiger partial charge on any atom is -0.493 e. The summed E-state index contributed by atoms with van der Waals surface area (Å²) in [7, 11) is 1.48. The first-order chi connectivity index (χ1) is 6.98. The average Bonchev–Trinajstić information content (AvgIpc) is 2.16. The second-order valence-corrected chi connectivity index (χ2v) is 4.25. The van der Waals surface area contributed by atoms with Crippen LogP contribution >= 0.6 is 9.24 Å². The van der Waals surface area contributed by atoms with E-state index in [1.807, 2.05) is 0 Å². The number of hydrogen-bond acceptors (Lipinski definition) is 2. The van der Waals surface area contributed by atoms with Crippen molar-refractivity contribution in [3.63, 3.8) is 0 Å². The van der Waals surface area contributed by atoms with Crippen molar-refractivity contribution in [1.82, 2.24) is 0 Å². The molecule has 0 saturated heterocycles. The molecule has 0 spiro atoms. The molecule has 1 aliphatic rings. The van der Waals surface area contributed by atoms with Gasteiger partial charge in [0.25, 0.3) is 5.66 Å². The highest BCUT2D eigenvalue weighted by Crippen LogP contribution is 2.40. The van der Waals surface area contributed by atoms with E-state index in [1.54, 1.807) is 0 Å². The summed E-state index contributed by atoms with van der Waals surface area (Å²) in [6, 6.07) is 4.08. The SMILES string of the molecule is OC1CCOc2cc(C(F)(F)P)ccc21. The van der Waals surface area contributed by atoms with Gasteiger partial charge in [0.1, 0.15) is 5.75 Å². The molecule has 1 N–H and O–H groups in total. The second kappa shape index (κ2) is 3.69. The lowest BCUT2D eigenvalue weighted by atomic mass is 10.0. The van der Waals surface area contributed by atoms with Crippen molar-refractivity contribution >= 4 is 9.24 Å². The molecule has 2 nitrogen and oxygen atoms in total. The Balaban J connectivity index is 2.42. The van der Waals surface area contributed by atoms with E-state index in [9.17, 15) is 13.9 Å². The highest BCUT2D eigenvalue weighted by molar-refractivity contribution is 7.17. The monoisotopic (exact) mass is 232 g/mol. The summed E-state index contributed by atoms with van der Waals surface area (Å²) in [5.74, 6) is 0.355. The first-order valence-corrected chi connectivity index (χ1v) is 5.18. The normalized spacial score (nSPS) is 20.7. The van der Waals surface area contributed by atoms with Crippen LogP contribution in [0.25, 0.3) is 0 Å². The molecule has 2 atom stereocenters. The van der Waals surface area contributed by atoms with Gasteiger partial charge in [-0.15, -0.1) is 0 Å². The van der Waals surface area contributed by atoms with Gasteiger partial charge in [0.05, 0.1) is 12.7 Å². The van der Waals surface area contributed by atoms with Crippen LogP contribution in [0.4, 0.5) is 8.78 Å². The molecular formula is C10H11F2O2P. The molecule has 1 aromatic carbocycles. The molecule has 2 unspecified atom stereocenters. The maximum absolute atomic E-state index is 13.0. The number of fused-ring (bicyclic) bond motifs is 1. The van der Waals surface area contributed by atoms with Crippen LogP contribution in [0.2, 0.25) is 0 Å². The smallest absolute Gasteiger partial charge is 0.284 e. The highest BCUT2D eigenvalue weighted by atomic mass is 31.0. The number of hydrogen-bond donors (Lipinski definition) is 1. The fraction of sp³-hybridized carbons (Fsp3) is 0.400. The van der Waals surface area contributed by atoms with E-state index >= 15 is 0 Å². The summed E-state index contributed by atoms with van der Waals surface area (Å²) in [5, 5.41) is 9.58. The minimum atomic E-state index is -2.96. The number of alkyl halides is 2. The standard InChI is InChI=1S/C10H11F2O2P/c11-10(12,15)6-1-2-7-8(13)3-4-14-9(7)5-6/h1-2,5,8,13H,3-4,15H2. The fourth-order valence-electron chi connectivity index (χ4n) is 1.58. The largest absolute Gasteiger partial charge is 0.493 e. The van der Waals surface area contributed by atoms with Crippen LogP contribution in [0.15, 0.2) is 18.2 Å². The van der Waals surface area contributed by atoms with Crippen LogP contribution in [0.1, 0.15) is 23.7 Å². The van der Waals surface area contributed by atoms with Crippen LogP contribution in [0, 0.1) is 0 Å². The molecule has 15 heavy (non-hydrogen) atoms. The van der Waals surface area contributed by atoms with E-state index < -0.39 is 11.8 Å². The van der Waals surface area contributed by atoms with Crippen molar-refractivity contribution in [2.75, 3.05) is 6.61 Å². The summed E-state index contributed by atoms with van der Waals surface area (Å²) < 4.78 is 31.2. The fourth-order valence-corrected chi connectivity index (χ4v) is 1.76. The zero-order valence-corrected chi connectivity index (χ0v) is 9.07. The number of halogens is 2. The molecule has 0 radical (unpaired) electrons. The molecular weight excluding hydrogens is 221 g/mol. The Kier molecular flexibility index (Phi) is 2.65. The summed E-state index contributed by atoms with van der Waals surface area (Å²) in [5.41, 5.74) is -2.50. The van der Waals surface area contributed by atoms with Gasteiger partial charge in [-0.2, -0.15) is 8.78 Å². The van der Waals surface area contributed by atoms with E-state index in [-0.39, 0.29) is 5.56 Å². The molecule has 0 saturated carbocycles. The van der Waals surface area contributed by atoms with E-state index in [4.69, 9.17) is 4.74 Å². The van der Waals surface area contributed by atoms with Crippen molar-refractivity contribution in [1.29, 1.82) is 0 Å². The topological polar surface area (TPSA) is 29.5 Å². The predicted molar refractivity (Wildman–Crippen MR) is 55.1 cm³/mol. The number of ether oxygens (including phenoxy) is 1. The molecule has 0 amide bonds. The third kappa shape index (κ3) is 2.11. The lowest BCUT2D eigenvalue weighted by molar-refractivity contribution is 0.0994. The maximum atomic E-state index is 13.0. The summed E-state index contributed by atoms with van der Waals surface area (Å²) >= 11 is 0. The van der Waals surface area contributed by atoms with Crippen LogP contribution in [-0.2, 0) is 5.66 Å². The van der Waals surface area contributed by atoms with Gasteiger partial charge in [-0.05, 0) is 6.07 Å². The van der Waals surface area contributed by atoms with Gasteiger partial charge in [0, 0.05) is 17.5 Å². The molecule has 1 aromatic rings. The maximum Gasteiger partial charge on any atom is 0.284 e. The quantitative estimate of drug-likeness (QED) is 0.753. The Bertz CT molecular complexity index is 376. The van der Waals surface area contributed by atoms with E-state index in [0.717, 1.165) is 0 Å². The molecule has 0 aliphatic carbocycles. The van der Waals surface area contributed by atoms with Gasteiger partial charge in [-0.25, -0.2) is 0 Å². The van der Waals surface area contributed by atoms with Crippen LogP contribution in [0.3, 0.4) is 0 Å². The Morgan fingerprint density at radius 2 is 2.20 bits per heavy atom. The minimum absolute atomic E-state index is 0.125. The molecule has 1 aliphatic heterocycles. The van der Waals surface area contributed by atoms with Crippen molar-refractivity contribution in [3.8, 4) is 5.75 Å². The zero-order valence-electron chi connectivity index (χ0n) is 7.91. The first kappa shape index (κ1) is 10.8. The molecule has 0 fully saturated rings. The number of rotatable bonds is 1. The van der Waals surface area contributed by atoms with Crippen molar-refractivity contribution in [2.24, 2.45) is 0 Å². The van der Waals surface area contributed by atoms with Crippen molar-refractivity contribution in [3.05, 3.63) is 29.3 Å². The van der Waals surface area contributed by atoms with E-state index in [1.165, 1.54) is 27.4 Å². The molecule has 2 rings (SSSR count). The Labute approximate surface area is 88.5 Å². The molecule has 5 heteroatoms. The summed E-state index contributed by atoms with van der Waals surface area (Å²) in [4.78, 5) is 0. The molecule has 1 heterocycles. The number of benzene rings is 1. The van der Waals surface area contributed by atoms with Gasteiger partial charge in [0.2, 0.25) is 0 Å². The van der Waals surface area contributed by atoms with Crippen molar-refractivity contribution < 1.29 is 18.6 Å². The third-order valence-corrected chi connectivity index (χ3v) is 2.74.